The van der Waals surface area contributed by atoms with Crippen LogP contribution in [0, 0.1) is 6.92 Å². The Kier molecular flexibility index (Phi) is 4.91. The van der Waals surface area contributed by atoms with E-state index in [2.05, 4.69) is 31.5 Å². The van der Waals surface area contributed by atoms with Gasteiger partial charge in [0.15, 0.2) is 0 Å². The van der Waals surface area contributed by atoms with E-state index in [0.29, 0.717) is 5.56 Å². The van der Waals surface area contributed by atoms with Gasteiger partial charge in [-0.1, -0.05) is 34.1 Å². The average molecular weight is 382 g/mol. The molecule has 0 radical (unpaired) electrons. The Hall–Kier alpha value is -2.66. The molecular formula is C19H16BrN3O. The average Bonchev–Trinajstić information content (AvgIpc) is 2.59. The maximum absolute atomic E-state index is 12.3. The Labute approximate surface area is 149 Å². The molecule has 0 aliphatic heterocycles. The monoisotopic (exact) mass is 381 g/mol. The van der Waals surface area contributed by atoms with Crippen LogP contribution in [-0.2, 0) is 0 Å². The van der Waals surface area contributed by atoms with E-state index in [1.54, 1.807) is 18.5 Å². The van der Waals surface area contributed by atoms with Gasteiger partial charge in [-0.15, -0.1) is 0 Å². The van der Waals surface area contributed by atoms with Gasteiger partial charge in [0.05, 0.1) is 17.4 Å². The maximum atomic E-state index is 12.3. The molecule has 0 spiro atoms. The molecule has 0 atom stereocenters. The van der Waals surface area contributed by atoms with Crippen LogP contribution in [0.15, 0.2) is 71.5 Å². The molecule has 0 saturated carbocycles. The Morgan fingerprint density at radius 3 is 2.54 bits per heavy atom. The Morgan fingerprint density at radius 1 is 1.00 bits per heavy atom. The van der Waals surface area contributed by atoms with Crippen LogP contribution >= 0.6 is 15.9 Å². The summed E-state index contributed by atoms with van der Waals surface area (Å²) in [6.07, 6.45) is 3.25. The first-order valence-electron chi connectivity index (χ1n) is 7.46. The van der Waals surface area contributed by atoms with Crippen molar-refractivity contribution < 1.29 is 4.79 Å². The molecule has 2 N–H and O–H groups in total. The first-order valence-corrected chi connectivity index (χ1v) is 8.26. The van der Waals surface area contributed by atoms with E-state index < -0.39 is 0 Å². The van der Waals surface area contributed by atoms with Crippen molar-refractivity contribution in [2.24, 2.45) is 0 Å². The van der Waals surface area contributed by atoms with Crippen molar-refractivity contribution >= 4 is 38.9 Å². The minimum atomic E-state index is -0.190. The van der Waals surface area contributed by atoms with Crippen LogP contribution in [0.3, 0.4) is 0 Å². The van der Waals surface area contributed by atoms with Crippen LogP contribution < -0.4 is 10.6 Å². The van der Waals surface area contributed by atoms with E-state index in [1.165, 1.54) is 0 Å². The molecule has 2 aromatic carbocycles. The number of carbonyl (C=O) groups excluding carboxylic acids is 1. The van der Waals surface area contributed by atoms with Gasteiger partial charge in [-0.25, -0.2) is 0 Å². The number of nitrogens with one attached hydrogen (secondary N) is 2. The zero-order chi connectivity index (χ0) is 16.9. The Bertz CT molecular complexity index is 865. The number of amides is 1. The van der Waals surface area contributed by atoms with Gasteiger partial charge in [-0.05, 0) is 48.9 Å². The van der Waals surface area contributed by atoms with Gasteiger partial charge in [-0.2, -0.15) is 0 Å². The van der Waals surface area contributed by atoms with Crippen molar-refractivity contribution in [2.45, 2.75) is 6.92 Å². The number of carbonyl (C=O) groups is 1. The second-order valence-electron chi connectivity index (χ2n) is 5.37. The number of pyridine rings is 1. The lowest BCUT2D eigenvalue weighted by molar-refractivity contribution is 0.102. The standard InChI is InChI=1S/C19H16BrN3O/c1-13-9-15(20)7-8-18(13)22-17-10-14(11-21-12-17)19(24)23-16-5-3-2-4-6-16/h2-12,22H,1H3,(H,23,24). The highest BCUT2D eigenvalue weighted by atomic mass is 79.9. The second-order valence-corrected chi connectivity index (χ2v) is 6.28. The van der Waals surface area contributed by atoms with Crippen LogP contribution in [0.1, 0.15) is 15.9 Å². The number of rotatable bonds is 4. The molecule has 0 bridgehead atoms. The third-order valence-electron chi connectivity index (χ3n) is 3.50. The quantitative estimate of drug-likeness (QED) is 0.656. The molecular weight excluding hydrogens is 366 g/mol. The maximum Gasteiger partial charge on any atom is 0.257 e. The number of hydrogen-bond acceptors (Lipinski definition) is 3. The highest BCUT2D eigenvalue weighted by molar-refractivity contribution is 9.10. The number of anilines is 3. The molecule has 0 aliphatic carbocycles. The zero-order valence-corrected chi connectivity index (χ0v) is 14.7. The number of para-hydroxylation sites is 1. The van der Waals surface area contributed by atoms with Crippen molar-refractivity contribution in [3.63, 3.8) is 0 Å². The first kappa shape index (κ1) is 16.2. The van der Waals surface area contributed by atoms with Crippen LogP contribution in [0.4, 0.5) is 17.1 Å². The van der Waals surface area contributed by atoms with Gasteiger partial charge in [0.2, 0.25) is 0 Å². The molecule has 1 amide bonds. The number of nitrogens with zero attached hydrogens (tertiary/aromatic N) is 1. The summed E-state index contributed by atoms with van der Waals surface area (Å²) >= 11 is 3.45. The highest BCUT2D eigenvalue weighted by Crippen LogP contribution is 2.24. The Balaban J connectivity index is 1.77. The number of aromatic nitrogens is 1. The van der Waals surface area contributed by atoms with Crippen molar-refractivity contribution in [1.29, 1.82) is 0 Å². The smallest absolute Gasteiger partial charge is 0.257 e. The second kappa shape index (κ2) is 7.27. The molecule has 4 nitrogen and oxygen atoms in total. The van der Waals surface area contributed by atoms with Crippen molar-refractivity contribution in [2.75, 3.05) is 10.6 Å². The fourth-order valence-electron chi connectivity index (χ4n) is 2.28. The van der Waals surface area contributed by atoms with Gasteiger partial charge < -0.3 is 10.6 Å². The number of hydrogen-bond donors (Lipinski definition) is 2. The molecule has 0 unspecified atom stereocenters. The number of benzene rings is 2. The summed E-state index contributed by atoms with van der Waals surface area (Å²) in [6, 6.07) is 17.1. The molecule has 120 valence electrons. The molecule has 3 aromatic rings. The predicted octanol–water partition coefficient (Wildman–Crippen LogP) is 5.15. The lowest BCUT2D eigenvalue weighted by Crippen LogP contribution is -2.12. The van der Waals surface area contributed by atoms with E-state index >= 15 is 0 Å². The fourth-order valence-corrected chi connectivity index (χ4v) is 2.76. The molecule has 5 heteroatoms. The van der Waals surface area contributed by atoms with E-state index in [9.17, 15) is 4.79 Å². The van der Waals surface area contributed by atoms with Crippen LogP contribution in [0.5, 0.6) is 0 Å². The van der Waals surface area contributed by atoms with E-state index in [0.717, 1.165) is 27.1 Å². The molecule has 0 fully saturated rings. The van der Waals surface area contributed by atoms with Crippen molar-refractivity contribution in [3.8, 4) is 0 Å². The summed E-state index contributed by atoms with van der Waals surface area (Å²) in [5, 5.41) is 6.15. The van der Waals surface area contributed by atoms with Crippen LogP contribution in [-0.4, -0.2) is 10.9 Å². The summed E-state index contributed by atoms with van der Waals surface area (Å²) in [7, 11) is 0. The van der Waals surface area contributed by atoms with Gasteiger partial charge in [0.1, 0.15) is 0 Å². The number of halogens is 1. The van der Waals surface area contributed by atoms with E-state index in [1.807, 2.05) is 55.5 Å². The third-order valence-corrected chi connectivity index (χ3v) is 3.99. The molecule has 0 aliphatic rings. The molecule has 1 aromatic heterocycles. The first-order chi connectivity index (χ1) is 11.6. The van der Waals surface area contributed by atoms with Crippen LogP contribution in [0.2, 0.25) is 0 Å². The molecule has 0 saturated heterocycles. The lowest BCUT2D eigenvalue weighted by Gasteiger charge is -2.11. The van der Waals surface area contributed by atoms with Crippen molar-refractivity contribution in [1.82, 2.24) is 4.98 Å². The molecule has 1 heterocycles. The predicted molar refractivity (Wildman–Crippen MR) is 101 cm³/mol. The Morgan fingerprint density at radius 2 is 1.79 bits per heavy atom. The SMILES string of the molecule is Cc1cc(Br)ccc1Nc1cncc(C(=O)Nc2ccccc2)c1. The molecule has 3 rings (SSSR count). The summed E-state index contributed by atoms with van der Waals surface area (Å²) in [4.78, 5) is 16.5. The summed E-state index contributed by atoms with van der Waals surface area (Å²) < 4.78 is 1.03. The fraction of sp³-hybridized carbons (Fsp3) is 0.0526. The van der Waals surface area contributed by atoms with E-state index in [4.69, 9.17) is 0 Å². The van der Waals surface area contributed by atoms with Crippen LogP contribution in [0.25, 0.3) is 0 Å². The largest absolute Gasteiger partial charge is 0.354 e. The minimum absolute atomic E-state index is 0.190. The summed E-state index contributed by atoms with van der Waals surface area (Å²) in [5.41, 5.74) is 4.09. The van der Waals surface area contributed by atoms with E-state index in [-0.39, 0.29) is 5.91 Å². The summed E-state index contributed by atoms with van der Waals surface area (Å²) in [6.45, 7) is 2.02. The zero-order valence-electron chi connectivity index (χ0n) is 13.1. The topological polar surface area (TPSA) is 54.0 Å². The van der Waals surface area contributed by atoms with Gasteiger partial charge >= 0.3 is 0 Å². The minimum Gasteiger partial charge on any atom is -0.354 e. The van der Waals surface area contributed by atoms with Crippen molar-refractivity contribution in [3.05, 3.63) is 82.6 Å². The van der Waals surface area contributed by atoms with Gasteiger partial charge in [0, 0.05) is 22.0 Å². The summed E-state index contributed by atoms with van der Waals surface area (Å²) in [5.74, 6) is -0.190. The third kappa shape index (κ3) is 4.00. The number of aryl methyl sites for hydroxylation is 1. The lowest BCUT2D eigenvalue weighted by atomic mass is 10.2. The highest BCUT2D eigenvalue weighted by Gasteiger charge is 2.08. The van der Waals surface area contributed by atoms with Gasteiger partial charge in [-0.3, -0.25) is 9.78 Å². The van der Waals surface area contributed by atoms with Gasteiger partial charge in [0.25, 0.3) is 5.91 Å². The molecule has 24 heavy (non-hydrogen) atoms. The normalized spacial score (nSPS) is 10.2.